The number of hydrogen-bond donors (Lipinski definition) is 1. The van der Waals surface area contributed by atoms with Crippen LogP contribution in [0.25, 0.3) is 0 Å². The minimum absolute atomic E-state index is 0.134. The number of sulfone groups is 1. The van der Waals surface area contributed by atoms with E-state index in [-0.39, 0.29) is 11.8 Å². The lowest BCUT2D eigenvalue weighted by molar-refractivity contribution is 0.577. The molecule has 3 nitrogen and oxygen atoms in total. The van der Waals surface area contributed by atoms with Gasteiger partial charge in [0.25, 0.3) is 0 Å². The summed E-state index contributed by atoms with van der Waals surface area (Å²) in [6.45, 7) is 0.939. The lowest BCUT2D eigenvalue weighted by atomic mass is 10.3. The van der Waals surface area contributed by atoms with Crippen LogP contribution in [-0.2, 0) is 9.84 Å². The van der Waals surface area contributed by atoms with Gasteiger partial charge in [-0.25, -0.2) is 8.42 Å². The van der Waals surface area contributed by atoms with Gasteiger partial charge in [-0.05, 0) is 31.5 Å². The predicted octanol–water partition coefficient (Wildman–Crippen LogP) is 1.21. The molecule has 2 rings (SSSR count). The first-order chi connectivity index (χ1) is 7.18. The van der Waals surface area contributed by atoms with E-state index in [0.717, 1.165) is 19.4 Å². The van der Waals surface area contributed by atoms with Crippen LogP contribution < -0.4 is 5.32 Å². The van der Waals surface area contributed by atoms with Gasteiger partial charge in [0.15, 0.2) is 9.84 Å². The largest absolute Gasteiger partial charge is 0.313 e. The van der Waals surface area contributed by atoms with Gasteiger partial charge in [0.2, 0.25) is 0 Å². The predicted molar refractivity (Wildman–Crippen MR) is 59.5 cm³/mol. The molecule has 1 aliphatic heterocycles. The molecule has 1 atom stereocenters. The van der Waals surface area contributed by atoms with Crippen LogP contribution in [0.1, 0.15) is 12.8 Å². The normalized spacial score (nSPS) is 21.7. The second-order valence-corrected chi connectivity index (χ2v) is 5.92. The van der Waals surface area contributed by atoms with Crippen molar-refractivity contribution in [1.82, 2.24) is 5.32 Å². The van der Waals surface area contributed by atoms with Crippen LogP contribution in [0.15, 0.2) is 35.2 Å². The Hall–Kier alpha value is -0.870. The van der Waals surface area contributed by atoms with Gasteiger partial charge >= 0.3 is 0 Å². The van der Waals surface area contributed by atoms with Crippen molar-refractivity contribution in [3.05, 3.63) is 30.3 Å². The SMILES string of the molecule is O=S(=O)(C[C@H]1CCCN1)c1ccccc1. The first kappa shape index (κ1) is 10.6. The van der Waals surface area contributed by atoms with E-state index in [4.69, 9.17) is 0 Å². The molecule has 1 aliphatic rings. The van der Waals surface area contributed by atoms with Gasteiger partial charge in [0, 0.05) is 6.04 Å². The van der Waals surface area contributed by atoms with Crippen molar-refractivity contribution >= 4 is 9.84 Å². The molecule has 0 spiro atoms. The highest BCUT2D eigenvalue weighted by molar-refractivity contribution is 7.91. The van der Waals surface area contributed by atoms with Crippen LogP contribution in [0.5, 0.6) is 0 Å². The van der Waals surface area contributed by atoms with Crippen LogP contribution in [0, 0.1) is 0 Å². The van der Waals surface area contributed by atoms with Gasteiger partial charge < -0.3 is 5.32 Å². The van der Waals surface area contributed by atoms with E-state index in [2.05, 4.69) is 5.32 Å². The molecule has 0 amide bonds. The maximum Gasteiger partial charge on any atom is 0.179 e. The molecule has 0 bridgehead atoms. The lowest BCUT2D eigenvalue weighted by Gasteiger charge is -2.10. The molecule has 0 aliphatic carbocycles. The summed E-state index contributed by atoms with van der Waals surface area (Å²) in [6, 6.07) is 8.79. The van der Waals surface area contributed by atoms with E-state index >= 15 is 0 Å². The minimum Gasteiger partial charge on any atom is -0.313 e. The number of benzene rings is 1. The Morgan fingerprint density at radius 3 is 2.60 bits per heavy atom. The minimum atomic E-state index is -3.11. The van der Waals surface area contributed by atoms with Crippen LogP contribution in [-0.4, -0.2) is 26.8 Å². The zero-order chi connectivity index (χ0) is 10.7. The van der Waals surface area contributed by atoms with Crippen molar-refractivity contribution in [2.24, 2.45) is 0 Å². The smallest absolute Gasteiger partial charge is 0.179 e. The molecular formula is C11H15NO2S. The maximum absolute atomic E-state index is 11.9. The fraction of sp³-hybridized carbons (Fsp3) is 0.455. The molecule has 0 unspecified atom stereocenters. The van der Waals surface area contributed by atoms with Crippen molar-refractivity contribution in [3.8, 4) is 0 Å². The summed E-state index contributed by atoms with van der Waals surface area (Å²) in [5.41, 5.74) is 0. The maximum atomic E-state index is 11.9. The van der Waals surface area contributed by atoms with Crippen molar-refractivity contribution in [2.45, 2.75) is 23.8 Å². The number of nitrogens with one attached hydrogen (secondary N) is 1. The van der Waals surface area contributed by atoms with Crippen LogP contribution >= 0.6 is 0 Å². The molecule has 1 saturated heterocycles. The Balaban J connectivity index is 2.13. The summed E-state index contributed by atoms with van der Waals surface area (Å²) >= 11 is 0. The first-order valence-corrected chi connectivity index (χ1v) is 6.85. The Bertz CT molecular complexity index is 407. The van der Waals surface area contributed by atoms with Gasteiger partial charge in [-0.15, -0.1) is 0 Å². The molecule has 15 heavy (non-hydrogen) atoms. The molecule has 1 heterocycles. The van der Waals surface area contributed by atoms with Gasteiger partial charge in [-0.3, -0.25) is 0 Å². The van der Waals surface area contributed by atoms with Gasteiger partial charge in [-0.1, -0.05) is 18.2 Å². The van der Waals surface area contributed by atoms with E-state index in [1.54, 1.807) is 24.3 Å². The quantitative estimate of drug-likeness (QED) is 0.841. The average molecular weight is 225 g/mol. The number of rotatable bonds is 3. The molecule has 0 aromatic heterocycles. The average Bonchev–Trinajstić information content (AvgIpc) is 2.71. The van der Waals surface area contributed by atoms with E-state index in [9.17, 15) is 8.42 Å². The monoisotopic (exact) mass is 225 g/mol. The Morgan fingerprint density at radius 1 is 1.27 bits per heavy atom. The molecule has 82 valence electrons. The highest BCUT2D eigenvalue weighted by Gasteiger charge is 2.23. The standard InChI is InChI=1S/C11H15NO2S/c13-15(14,9-10-5-4-8-12-10)11-6-2-1-3-7-11/h1-3,6-7,10,12H,4-5,8-9H2/t10-/m1/s1. The van der Waals surface area contributed by atoms with E-state index in [1.807, 2.05) is 6.07 Å². The van der Waals surface area contributed by atoms with Gasteiger partial charge in [0.1, 0.15) is 0 Å². The summed E-state index contributed by atoms with van der Waals surface area (Å²) in [4.78, 5) is 0.429. The molecule has 1 aromatic rings. The van der Waals surface area contributed by atoms with Crippen molar-refractivity contribution in [1.29, 1.82) is 0 Å². The van der Waals surface area contributed by atoms with Crippen LogP contribution in [0.4, 0.5) is 0 Å². The molecule has 0 radical (unpaired) electrons. The highest BCUT2D eigenvalue weighted by atomic mass is 32.2. The third-order valence-electron chi connectivity index (χ3n) is 2.69. The second kappa shape index (κ2) is 4.33. The van der Waals surface area contributed by atoms with Crippen molar-refractivity contribution in [2.75, 3.05) is 12.3 Å². The summed E-state index contributed by atoms with van der Waals surface area (Å²) in [6.07, 6.45) is 2.04. The summed E-state index contributed by atoms with van der Waals surface area (Å²) < 4.78 is 23.9. The Labute approximate surface area is 90.4 Å². The zero-order valence-electron chi connectivity index (χ0n) is 8.52. The highest BCUT2D eigenvalue weighted by Crippen LogP contribution is 2.15. The van der Waals surface area contributed by atoms with Crippen LogP contribution in [0.3, 0.4) is 0 Å². The second-order valence-electron chi connectivity index (χ2n) is 3.89. The molecular weight excluding hydrogens is 210 g/mol. The third-order valence-corrected chi connectivity index (χ3v) is 4.52. The fourth-order valence-electron chi connectivity index (χ4n) is 1.89. The summed E-state index contributed by atoms with van der Waals surface area (Å²) in [5, 5.41) is 3.20. The molecule has 1 aromatic carbocycles. The van der Waals surface area contributed by atoms with E-state index in [0.29, 0.717) is 4.90 Å². The van der Waals surface area contributed by atoms with Crippen molar-refractivity contribution < 1.29 is 8.42 Å². The Morgan fingerprint density at radius 2 is 2.00 bits per heavy atom. The molecule has 1 fully saturated rings. The third kappa shape index (κ3) is 2.58. The first-order valence-electron chi connectivity index (χ1n) is 5.20. The van der Waals surface area contributed by atoms with Gasteiger partial charge in [0.05, 0.1) is 10.6 Å². The molecule has 1 N–H and O–H groups in total. The van der Waals surface area contributed by atoms with Gasteiger partial charge in [-0.2, -0.15) is 0 Å². The Kier molecular flexibility index (Phi) is 3.07. The van der Waals surface area contributed by atoms with Crippen molar-refractivity contribution in [3.63, 3.8) is 0 Å². The lowest BCUT2D eigenvalue weighted by Crippen LogP contribution is -2.29. The van der Waals surface area contributed by atoms with Crippen LogP contribution in [0.2, 0.25) is 0 Å². The topological polar surface area (TPSA) is 46.2 Å². The van der Waals surface area contributed by atoms with E-state index in [1.165, 1.54) is 0 Å². The molecule has 4 heteroatoms. The molecule has 0 saturated carbocycles. The number of hydrogen-bond acceptors (Lipinski definition) is 3. The summed E-state index contributed by atoms with van der Waals surface area (Å²) in [7, 11) is -3.11. The summed E-state index contributed by atoms with van der Waals surface area (Å²) in [5.74, 6) is 0.219. The fourth-order valence-corrected chi connectivity index (χ4v) is 3.47. The van der Waals surface area contributed by atoms with E-state index < -0.39 is 9.84 Å². The zero-order valence-corrected chi connectivity index (χ0v) is 9.33.